The predicted octanol–water partition coefficient (Wildman–Crippen LogP) is 1.58. The fourth-order valence-electron chi connectivity index (χ4n) is 1.43. The second-order valence-corrected chi connectivity index (χ2v) is 3.42. The lowest BCUT2D eigenvalue weighted by Gasteiger charge is -2.12. The van der Waals surface area contributed by atoms with Gasteiger partial charge in [-0.05, 0) is 31.0 Å². The Labute approximate surface area is 95.2 Å². The van der Waals surface area contributed by atoms with Gasteiger partial charge in [-0.3, -0.25) is 4.79 Å². The highest BCUT2D eigenvalue weighted by molar-refractivity contribution is 5.90. The Morgan fingerprint density at radius 3 is 2.81 bits per heavy atom. The van der Waals surface area contributed by atoms with Crippen molar-refractivity contribution >= 4 is 11.6 Å². The van der Waals surface area contributed by atoms with Crippen molar-refractivity contribution in [1.29, 1.82) is 0 Å². The first-order valence-corrected chi connectivity index (χ1v) is 5.31. The van der Waals surface area contributed by atoms with Crippen molar-refractivity contribution in [3.8, 4) is 5.75 Å². The molecule has 0 saturated heterocycles. The van der Waals surface area contributed by atoms with Crippen LogP contribution in [0.5, 0.6) is 5.75 Å². The molecule has 0 heterocycles. The van der Waals surface area contributed by atoms with Crippen LogP contribution in [0.3, 0.4) is 0 Å². The minimum absolute atomic E-state index is 0.0908. The third kappa shape index (κ3) is 3.55. The van der Waals surface area contributed by atoms with Gasteiger partial charge in [-0.15, -0.1) is 0 Å². The molecule has 1 aromatic carbocycles. The summed E-state index contributed by atoms with van der Waals surface area (Å²) in [5.74, 6) is 0.515. The normalized spacial score (nSPS) is 9.94. The van der Waals surface area contributed by atoms with E-state index in [0.29, 0.717) is 24.5 Å². The molecule has 0 bridgehead atoms. The average Bonchev–Trinajstić information content (AvgIpc) is 2.22. The van der Waals surface area contributed by atoms with Crippen molar-refractivity contribution in [2.75, 3.05) is 18.5 Å². The van der Waals surface area contributed by atoms with Crippen molar-refractivity contribution in [1.82, 2.24) is 0 Å². The second kappa shape index (κ2) is 6.12. The summed E-state index contributed by atoms with van der Waals surface area (Å²) in [4.78, 5) is 11.0. The molecule has 4 nitrogen and oxygen atoms in total. The van der Waals surface area contributed by atoms with Crippen LogP contribution >= 0.6 is 0 Å². The summed E-state index contributed by atoms with van der Waals surface area (Å²) in [6, 6.07) is 5.51. The Kier molecular flexibility index (Phi) is 4.79. The van der Waals surface area contributed by atoms with Crippen LogP contribution in [0.4, 0.5) is 5.69 Å². The van der Waals surface area contributed by atoms with Crippen molar-refractivity contribution in [3.63, 3.8) is 0 Å². The zero-order valence-electron chi connectivity index (χ0n) is 9.62. The molecule has 1 rings (SSSR count). The molecule has 0 fully saturated rings. The molecule has 88 valence electrons. The highest BCUT2D eigenvalue weighted by Crippen LogP contribution is 2.26. The Morgan fingerprint density at radius 1 is 1.50 bits per heavy atom. The van der Waals surface area contributed by atoms with E-state index in [9.17, 15) is 4.79 Å². The number of rotatable bonds is 5. The molecule has 2 N–H and O–H groups in total. The highest BCUT2D eigenvalue weighted by Gasteiger charge is 2.06. The number of ether oxygens (including phenoxy) is 1. The summed E-state index contributed by atoms with van der Waals surface area (Å²) in [5, 5.41) is 11.6. The van der Waals surface area contributed by atoms with Gasteiger partial charge in [-0.1, -0.05) is 6.07 Å². The van der Waals surface area contributed by atoms with Crippen LogP contribution in [0, 0.1) is 0 Å². The maximum Gasteiger partial charge on any atom is 0.221 e. The smallest absolute Gasteiger partial charge is 0.221 e. The van der Waals surface area contributed by atoms with E-state index in [2.05, 4.69) is 5.32 Å². The summed E-state index contributed by atoms with van der Waals surface area (Å²) < 4.78 is 5.39. The van der Waals surface area contributed by atoms with Gasteiger partial charge in [0.1, 0.15) is 5.75 Å². The first-order chi connectivity index (χ1) is 7.67. The zero-order valence-corrected chi connectivity index (χ0v) is 9.62. The molecular weight excluding hydrogens is 206 g/mol. The number of hydrogen-bond donors (Lipinski definition) is 2. The van der Waals surface area contributed by atoms with Gasteiger partial charge in [-0.25, -0.2) is 0 Å². The van der Waals surface area contributed by atoms with E-state index in [1.54, 1.807) is 6.07 Å². The molecule has 0 spiro atoms. The molecule has 1 amide bonds. The molecule has 0 aliphatic carbocycles. The molecule has 16 heavy (non-hydrogen) atoms. The second-order valence-electron chi connectivity index (χ2n) is 3.42. The third-order valence-electron chi connectivity index (χ3n) is 2.05. The average molecular weight is 223 g/mol. The number of hydrogen-bond acceptors (Lipinski definition) is 3. The number of aliphatic hydroxyl groups excluding tert-OH is 1. The maximum absolute atomic E-state index is 11.0. The maximum atomic E-state index is 11.0. The first-order valence-electron chi connectivity index (χ1n) is 5.31. The highest BCUT2D eigenvalue weighted by atomic mass is 16.5. The van der Waals surface area contributed by atoms with Crippen LogP contribution in [-0.2, 0) is 11.2 Å². The number of anilines is 1. The predicted molar refractivity (Wildman–Crippen MR) is 62.7 cm³/mol. The Balaban J connectivity index is 2.95. The van der Waals surface area contributed by atoms with Crippen LogP contribution < -0.4 is 10.1 Å². The van der Waals surface area contributed by atoms with Crippen LogP contribution in [-0.4, -0.2) is 24.2 Å². The van der Waals surface area contributed by atoms with E-state index in [0.717, 1.165) is 5.56 Å². The summed E-state index contributed by atoms with van der Waals surface area (Å²) in [6.45, 7) is 3.98. The minimum Gasteiger partial charge on any atom is -0.492 e. The van der Waals surface area contributed by atoms with Gasteiger partial charge in [0, 0.05) is 13.5 Å². The van der Waals surface area contributed by atoms with E-state index >= 15 is 0 Å². The van der Waals surface area contributed by atoms with Gasteiger partial charge < -0.3 is 15.2 Å². The molecule has 0 aliphatic heterocycles. The van der Waals surface area contributed by atoms with Gasteiger partial charge in [0.05, 0.1) is 12.3 Å². The Morgan fingerprint density at radius 2 is 2.25 bits per heavy atom. The summed E-state index contributed by atoms with van der Waals surface area (Å²) in [6.07, 6.45) is 0.568. The van der Waals surface area contributed by atoms with E-state index in [1.165, 1.54) is 6.92 Å². The molecular formula is C12H17NO3. The SMILES string of the molecule is CCOc1ccc(CCO)cc1NC(C)=O. The van der Waals surface area contributed by atoms with Crippen LogP contribution in [0.25, 0.3) is 0 Å². The molecule has 1 aromatic rings. The van der Waals surface area contributed by atoms with Crippen molar-refractivity contribution < 1.29 is 14.6 Å². The monoisotopic (exact) mass is 223 g/mol. The van der Waals surface area contributed by atoms with Gasteiger partial charge in [0.2, 0.25) is 5.91 Å². The van der Waals surface area contributed by atoms with Gasteiger partial charge >= 0.3 is 0 Å². The largest absolute Gasteiger partial charge is 0.492 e. The van der Waals surface area contributed by atoms with Crippen LogP contribution in [0.1, 0.15) is 19.4 Å². The van der Waals surface area contributed by atoms with Gasteiger partial charge in [0.25, 0.3) is 0 Å². The summed E-state index contributed by atoms with van der Waals surface area (Å²) in [7, 11) is 0. The standard InChI is InChI=1S/C12H17NO3/c1-3-16-12-5-4-10(6-7-14)8-11(12)13-9(2)15/h4-5,8,14H,3,6-7H2,1-2H3,(H,13,15). The number of carbonyl (C=O) groups excluding carboxylic acids is 1. The van der Waals surface area contributed by atoms with E-state index in [4.69, 9.17) is 9.84 Å². The number of nitrogens with one attached hydrogen (secondary N) is 1. The lowest BCUT2D eigenvalue weighted by molar-refractivity contribution is -0.114. The third-order valence-corrected chi connectivity index (χ3v) is 2.05. The molecule has 0 atom stereocenters. The molecule has 0 aromatic heterocycles. The Hall–Kier alpha value is -1.55. The first kappa shape index (κ1) is 12.5. The van der Waals surface area contributed by atoms with E-state index < -0.39 is 0 Å². The van der Waals surface area contributed by atoms with Crippen molar-refractivity contribution in [3.05, 3.63) is 23.8 Å². The fourth-order valence-corrected chi connectivity index (χ4v) is 1.43. The van der Waals surface area contributed by atoms with Crippen molar-refractivity contribution in [2.45, 2.75) is 20.3 Å². The number of carbonyl (C=O) groups is 1. The van der Waals surface area contributed by atoms with Gasteiger partial charge in [0.15, 0.2) is 0 Å². The molecule has 0 aliphatic rings. The topological polar surface area (TPSA) is 58.6 Å². The number of aliphatic hydroxyl groups is 1. The summed E-state index contributed by atoms with van der Waals surface area (Å²) >= 11 is 0. The lowest BCUT2D eigenvalue weighted by Crippen LogP contribution is -2.08. The fraction of sp³-hybridized carbons (Fsp3) is 0.417. The molecule has 4 heteroatoms. The number of amides is 1. The van der Waals surface area contributed by atoms with Crippen molar-refractivity contribution in [2.24, 2.45) is 0 Å². The molecule has 0 saturated carbocycles. The van der Waals surface area contributed by atoms with Crippen LogP contribution in [0.2, 0.25) is 0 Å². The minimum atomic E-state index is -0.137. The zero-order chi connectivity index (χ0) is 12.0. The summed E-state index contributed by atoms with van der Waals surface area (Å²) in [5.41, 5.74) is 1.62. The Bertz CT molecular complexity index is 363. The number of benzene rings is 1. The van der Waals surface area contributed by atoms with E-state index in [1.807, 2.05) is 19.1 Å². The molecule has 0 radical (unpaired) electrons. The van der Waals surface area contributed by atoms with Gasteiger partial charge in [-0.2, -0.15) is 0 Å². The van der Waals surface area contributed by atoms with E-state index in [-0.39, 0.29) is 12.5 Å². The molecule has 0 unspecified atom stereocenters. The lowest BCUT2D eigenvalue weighted by atomic mass is 10.1. The quantitative estimate of drug-likeness (QED) is 0.796. The van der Waals surface area contributed by atoms with Crippen LogP contribution in [0.15, 0.2) is 18.2 Å².